The van der Waals surface area contributed by atoms with E-state index in [1.165, 1.54) is 8.52 Å². The molecule has 2 aliphatic heterocycles. The Hall–Kier alpha value is -3.30. The fraction of sp³-hybridized carbons (Fsp3) is 0.452. The van der Waals surface area contributed by atoms with E-state index in [2.05, 4.69) is 40.6 Å². The van der Waals surface area contributed by atoms with Gasteiger partial charge in [0, 0.05) is 52.7 Å². The van der Waals surface area contributed by atoms with Gasteiger partial charge in [-0.3, -0.25) is 9.59 Å². The van der Waals surface area contributed by atoms with Crippen LogP contribution in [0.2, 0.25) is 0 Å². The lowest BCUT2D eigenvalue weighted by Gasteiger charge is -2.20. The maximum absolute atomic E-state index is 12.4. The number of alkyl halides is 1. The molecule has 1 N–H and O–H groups in total. The summed E-state index contributed by atoms with van der Waals surface area (Å²) in [6.45, 7) is 6.94. The molecule has 5 rings (SSSR count). The first kappa shape index (κ1) is 32.1. The molecule has 13 heteroatoms. The third kappa shape index (κ3) is 7.49. The number of aromatic nitrogens is 2. The zero-order chi connectivity index (χ0) is 31.4. The molecule has 1 aromatic carbocycles. The number of ether oxygens (including phenoxy) is 3. The molecule has 11 nitrogen and oxygen atoms in total. The molecular formula is C31H34IN3O8S. The summed E-state index contributed by atoms with van der Waals surface area (Å²) in [5.41, 5.74) is 2.35. The van der Waals surface area contributed by atoms with E-state index < -0.39 is 11.9 Å². The highest BCUT2D eigenvalue weighted by Crippen LogP contribution is 2.49. The lowest BCUT2D eigenvalue weighted by Crippen LogP contribution is -2.29. The SMILES string of the molecule is C=C1C(=O)O[C@H]2[C@H]1CC/C(COC(=O)/C=C\C(=O)NCc1ccc(Cn3c(=O)sn(CCI)c3=O)cc1)=C\CC[C@@]1(C)O[C@@H]21. The number of allylic oxidation sites excluding steroid dienone is 1. The van der Waals surface area contributed by atoms with Crippen LogP contribution in [0.4, 0.5) is 0 Å². The first-order valence-electron chi connectivity index (χ1n) is 14.4. The van der Waals surface area contributed by atoms with Crippen LogP contribution in [0.3, 0.4) is 0 Å². The number of epoxide rings is 1. The Morgan fingerprint density at radius 2 is 1.95 bits per heavy atom. The van der Waals surface area contributed by atoms with Crippen LogP contribution < -0.4 is 15.9 Å². The van der Waals surface area contributed by atoms with Crippen molar-refractivity contribution in [2.24, 2.45) is 5.92 Å². The minimum Gasteiger partial charge on any atom is -0.458 e. The van der Waals surface area contributed by atoms with Crippen LogP contribution in [-0.4, -0.2) is 55.2 Å². The van der Waals surface area contributed by atoms with E-state index >= 15 is 0 Å². The molecule has 3 aliphatic rings. The standard InChI is InChI=1S/C31H34IN3O8S/c1-19-23-10-9-22(4-3-13-31(2)27(43-31)26(23)42-28(19)38)18-41-25(37)12-11-24(36)33-16-20-5-7-21(8-6-20)17-34-29(39)35(15-14-32)44-30(34)40/h4-8,11-12,23,26-27H,1,3,9-10,13-18H2,2H3,(H,33,36)/b12-11-,22-4+/t23-,26-,27-,31+/m0/s1. The summed E-state index contributed by atoms with van der Waals surface area (Å²) >= 11 is 3.08. The van der Waals surface area contributed by atoms with Gasteiger partial charge < -0.3 is 19.5 Å². The number of hydrogen-bond donors (Lipinski definition) is 1. The van der Waals surface area contributed by atoms with Gasteiger partial charge in [-0.05, 0) is 49.3 Å². The lowest BCUT2D eigenvalue weighted by molar-refractivity contribution is -0.140. The van der Waals surface area contributed by atoms with Crippen LogP contribution >= 0.6 is 34.1 Å². The van der Waals surface area contributed by atoms with E-state index in [4.69, 9.17) is 14.2 Å². The molecule has 1 aliphatic carbocycles. The summed E-state index contributed by atoms with van der Waals surface area (Å²) in [6, 6.07) is 7.22. The predicted molar refractivity (Wildman–Crippen MR) is 172 cm³/mol. The molecule has 44 heavy (non-hydrogen) atoms. The number of hydrogen-bond acceptors (Lipinski definition) is 9. The van der Waals surface area contributed by atoms with Crippen molar-refractivity contribution < 1.29 is 28.6 Å². The fourth-order valence-corrected chi connectivity index (χ4v) is 7.14. The number of carbonyl (C=O) groups excluding carboxylic acids is 3. The Morgan fingerprint density at radius 3 is 2.70 bits per heavy atom. The van der Waals surface area contributed by atoms with Crippen molar-refractivity contribution in [3.8, 4) is 0 Å². The number of rotatable bonds is 10. The van der Waals surface area contributed by atoms with E-state index in [-0.39, 0.29) is 60.0 Å². The summed E-state index contributed by atoms with van der Waals surface area (Å²) in [7, 11) is 0. The highest BCUT2D eigenvalue weighted by Gasteiger charge is 2.61. The molecule has 0 saturated carbocycles. The number of fused-ring (bicyclic) bond motifs is 3. The Balaban J connectivity index is 1.07. The molecule has 1 amide bonds. The van der Waals surface area contributed by atoms with Gasteiger partial charge in [-0.15, -0.1) is 0 Å². The van der Waals surface area contributed by atoms with Crippen LogP contribution in [0.15, 0.2) is 69.8 Å². The van der Waals surface area contributed by atoms with Gasteiger partial charge in [-0.2, -0.15) is 0 Å². The Bertz CT molecular complexity index is 1620. The summed E-state index contributed by atoms with van der Waals surface area (Å²) in [5.74, 6) is -1.60. The van der Waals surface area contributed by atoms with Crippen molar-refractivity contribution in [3.63, 3.8) is 0 Å². The third-order valence-electron chi connectivity index (χ3n) is 8.18. The Kier molecular flexibility index (Phi) is 10.1. The average molecular weight is 736 g/mol. The highest BCUT2D eigenvalue weighted by atomic mass is 127. The van der Waals surface area contributed by atoms with Crippen LogP contribution in [0.5, 0.6) is 0 Å². The molecule has 0 unspecified atom stereocenters. The largest absolute Gasteiger partial charge is 0.458 e. The smallest absolute Gasteiger partial charge is 0.341 e. The minimum absolute atomic E-state index is 0.0837. The molecule has 4 atom stereocenters. The van der Waals surface area contributed by atoms with E-state index in [9.17, 15) is 24.0 Å². The van der Waals surface area contributed by atoms with E-state index in [0.717, 1.165) is 57.7 Å². The second-order valence-electron chi connectivity index (χ2n) is 11.3. The number of nitrogens with one attached hydrogen (secondary N) is 1. The third-order valence-corrected chi connectivity index (χ3v) is 9.60. The van der Waals surface area contributed by atoms with Gasteiger partial charge >= 0.3 is 22.5 Å². The highest BCUT2D eigenvalue weighted by molar-refractivity contribution is 14.1. The van der Waals surface area contributed by atoms with Gasteiger partial charge in [0.2, 0.25) is 5.91 Å². The summed E-state index contributed by atoms with van der Waals surface area (Å²) in [4.78, 5) is 61.1. The summed E-state index contributed by atoms with van der Waals surface area (Å²) in [6.07, 6.45) is 6.60. The maximum Gasteiger partial charge on any atom is 0.341 e. The van der Waals surface area contributed by atoms with Crippen molar-refractivity contribution in [1.82, 2.24) is 13.8 Å². The number of amides is 1. The Labute approximate surface area is 271 Å². The topological polar surface area (TPSA) is 138 Å². The zero-order valence-corrected chi connectivity index (χ0v) is 27.3. The molecule has 2 fully saturated rings. The molecule has 3 heterocycles. The Morgan fingerprint density at radius 1 is 1.20 bits per heavy atom. The first-order valence-corrected chi connectivity index (χ1v) is 16.7. The van der Waals surface area contributed by atoms with Crippen molar-refractivity contribution >= 4 is 52.0 Å². The lowest BCUT2D eigenvalue weighted by atomic mass is 9.84. The summed E-state index contributed by atoms with van der Waals surface area (Å²) < 4.78 is 20.3. The molecule has 0 spiro atoms. The second kappa shape index (κ2) is 13.8. The van der Waals surface area contributed by atoms with Crippen molar-refractivity contribution in [2.75, 3.05) is 11.0 Å². The number of benzene rings is 1. The molecular weight excluding hydrogens is 701 g/mol. The van der Waals surface area contributed by atoms with E-state index in [1.54, 1.807) is 12.1 Å². The van der Waals surface area contributed by atoms with Gasteiger partial charge in [-0.25, -0.2) is 22.9 Å². The maximum atomic E-state index is 12.4. The monoisotopic (exact) mass is 735 g/mol. The minimum atomic E-state index is -0.636. The first-order chi connectivity index (χ1) is 21.1. The summed E-state index contributed by atoms with van der Waals surface area (Å²) in [5, 5.41) is 2.72. The van der Waals surface area contributed by atoms with E-state index in [1.807, 2.05) is 19.1 Å². The number of carbonyl (C=O) groups is 3. The molecule has 0 radical (unpaired) electrons. The van der Waals surface area contributed by atoms with Gasteiger partial charge in [0.1, 0.15) is 18.8 Å². The van der Waals surface area contributed by atoms with Crippen molar-refractivity contribution in [1.29, 1.82) is 0 Å². The second-order valence-corrected chi connectivity index (χ2v) is 13.3. The van der Waals surface area contributed by atoms with Crippen LogP contribution in [0, 0.1) is 5.92 Å². The molecule has 2 aromatic rings. The number of aryl methyl sites for hydroxylation is 1. The van der Waals surface area contributed by atoms with Gasteiger partial charge in [-0.1, -0.05) is 59.5 Å². The normalized spacial score (nSPS) is 25.9. The zero-order valence-electron chi connectivity index (χ0n) is 24.3. The average Bonchev–Trinajstić information content (AvgIpc) is 3.50. The van der Waals surface area contributed by atoms with Gasteiger partial charge in [0.25, 0.3) is 0 Å². The van der Waals surface area contributed by atoms with E-state index in [0.29, 0.717) is 25.0 Å². The molecule has 1 aromatic heterocycles. The van der Waals surface area contributed by atoms with Crippen LogP contribution in [0.25, 0.3) is 0 Å². The fourth-order valence-electron chi connectivity index (χ4n) is 5.55. The molecule has 0 bridgehead atoms. The number of esters is 2. The van der Waals surface area contributed by atoms with Gasteiger partial charge in [0.15, 0.2) is 0 Å². The molecule has 2 saturated heterocycles. The van der Waals surface area contributed by atoms with Crippen molar-refractivity contribution in [3.05, 3.63) is 91.5 Å². The number of halogens is 1. The number of nitrogens with zero attached hydrogens (tertiary/aromatic N) is 2. The predicted octanol–water partition coefficient (Wildman–Crippen LogP) is 3.03. The van der Waals surface area contributed by atoms with Crippen LogP contribution in [0.1, 0.15) is 43.7 Å². The van der Waals surface area contributed by atoms with Crippen molar-refractivity contribution in [2.45, 2.75) is 70.1 Å². The van der Waals surface area contributed by atoms with Crippen LogP contribution in [-0.2, 0) is 48.2 Å². The van der Waals surface area contributed by atoms with Gasteiger partial charge in [0.05, 0.1) is 12.1 Å². The molecule has 234 valence electrons. The quantitative estimate of drug-likeness (QED) is 0.0983.